The Morgan fingerprint density at radius 1 is 1.10 bits per heavy atom. The topological polar surface area (TPSA) is 36.8 Å². The van der Waals surface area contributed by atoms with Crippen LogP contribution >= 0.6 is 11.3 Å². The second kappa shape index (κ2) is 10.4. The van der Waals surface area contributed by atoms with Gasteiger partial charge in [0, 0.05) is 30.2 Å². The molecule has 0 saturated carbocycles. The molecule has 0 bridgehead atoms. The summed E-state index contributed by atoms with van der Waals surface area (Å²) in [5, 5.41) is 5.14. The summed E-state index contributed by atoms with van der Waals surface area (Å²) in [5.41, 5.74) is 3.25. The number of thiophene rings is 1. The van der Waals surface area contributed by atoms with Crippen LogP contribution in [0.5, 0.6) is 0 Å². The summed E-state index contributed by atoms with van der Waals surface area (Å²) in [6, 6.07) is 18.5. The average Bonchev–Trinajstić information content (AvgIpc) is 3.27. The van der Waals surface area contributed by atoms with Crippen molar-refractivity contribution in [1.82, 2.24) is 5.32 Å². The van der Waals surface area contributed by atoms with Crippen LogP contribution in [0, 0.1) is 5.82 Å². The molecule has 0 saturated heterocycles. The molecule has 0 radical (unpaired) electrons. The largest absolute Gasteiger partial charge is 0.378 e. The van der Waals surface area contributed by atoms with Crippen LogP contribution in [0.1, 0.15) is 29.0 Å². The number of amides is 1. The number of nitrogens with one attached hydrogen (secondary N) is 2. The molecule has 1 aromatic heterocycles. The first-order chi connectivity index (χ1) is 14.5. The highest BCUT2D eigenvalue weighted by molar-refractivity contribution is 7.10. The lowest BCUT2D eigenvalue weighted by atomic mass is 10.1. The van der Waals surface area contributed by atoms with E-state index in [0.717, 1.165) is 29.2 Å². The molecule has 1 unspecified atom stereocenters. The van der Waals surface area contributed by atoms with Crippen molar-refractivity contribution in [1.29, 1.82) is 0 Å². The highest BCUT2D eigenvalue weighted by atomic mass is 32.1. The molecular formula is C24H29FN3OS+. The van der Waals surface area contributed by atoms with Crippen LogP contribution in [0.3, 0.4) is 0 Å². The summed E-state index contributed by atoms with van der Waals surface area (Å²) in [6.45, 7) is 4.11. The van der Waals surface area contributed by atoms with Gasteiger partial charge in [0.2, 0.25) is 0 Å². The van der Waals surface area contributed by atoms with Crippen molar-refractivity contribution in [3.8, 4) is 0 Å². The number of quaternary nitrogens is 1. The first-order valence-corrected chi connectivity index (χ1v) is 11.0. The third kappa shape index (κ3) is 5.90. The van der Waals surface area contributed by atoms with Crippen LogP contribution in [0.2, 0.25) is 0 Å². The number of hydrogen-bond acceptors (Lipinski definition) is 3. The third-order valence-corrected chi connectivity index (χ3v) is 6.09. The van der Waals surface area contributed by atoms with Gasteiger partial charge >= 0.3 is 0 Å². The fourth-order valence-electron chi connectivity index (χ4n) is 3.38. The normalized spacial score (nSPS) is 12.9. The number of hydrogen-bond donors (Lipinski definition) is 2. The van der Waals surface area contributed by atoms with E-state index in [1.807, 2.05) is 31.6 Å². The van der Waals surface area contributed by atoms with Gasteiger partial charge in [-0.25, -0.2) is 4.39 Å². The van der Waals surface area contributed by atoms with E-state index >= 15 is 0 Å². The van der Waals surface area contributed by atoms with E-state index in [2.05, 4.69) is 41.4 Å². The van der Waals surface area contributed by atoms with Gasteiger partial charge in [-0.2, -0.15) is 0 Å². The number of rotatable bonds is 9. The van der Waals surface area contributed by atoms with Crippen molar-refractivity contribution < 1.29 is 14.1 Å². The zero-order valence-corrected chi connectivity index (χ0v) is 18.5. The van der Waals surface area contributed by atoms with Crippen LogP contribution in [-0.4, -0.2) is 33.1 Å². The van der Waals surface area contributed by atoms with Crippen LogP contribution < -0.4 is 15.1 Å². The van der Waals surface area contributed by atoms with Gasteiger partial charge in [-0.1, -0.05) is 30.3 Å². The minimum Gasteiger partial charge on any atom is -0.378 e. The maximum absolute atomic E-state index is 13.4. The maximum Gasteiger partial charge on any atom is 0.275 e. The van der Waals surface area contributed by atoms with Crippen LogP contribution in [-0.2, 0) is 11.3 Å². The Morgan fingerprint density at radius 3 is 2.37 bits per heavy atom. The lowest BCUT2D eigenvalue weighted by molar-refractivity contribution is -0.904. The molecule has 4 nitrogen and oxygen atoms in total. The fourth-order valence-corrected chi connectivity index (χ4v) is 4.18. The number of halogens is 1. The first-order valence-electron chi connectivity index (χ1n) is 10.1. The van der Waals surface area contributed by atoms with E-state index < -0.39 is 0 Å². The van der Waals surface area contributed by atoms with E-state index in [9.17, 15) is 9.18 Å². The molecule has 3 aromatic rings. The Hall–Kier alpha value is -2.70. The summed E-state index contributed by atoms with van der Waals surface area (Å²) in [6.07, 6.45) is 0. The Morgan fingerprint density at radius 2 is 1.80 bits per heavy atom. The van der Waals surface area contributed by atoms with Crippen LogP contribution in [0.25, 0.3) is 0 Å². The Bertz CT molecular complexity index is 924. The highest BCUT2D eigenvalue weighted by Gasteiger charge is 2.21. The van der Waals surface area contributed by atoms with E-state index in [1.165, 1.54) is 22.6 Å². The molecule has 2 aromatic carbocycles. The summed E-state index contributed by atoms with van der Waals surface area (Å²) >= 11 is 1.58. The van der Waals surface area contributed by atoms with Gasteiger partial charge in [0.15, 0.2) is 6.54 Å². The lowest BCUT2D eigenvalue weighted by Crippen LogP contribution is -3.11. The van der Waals surface area contributed by atoms with Crippen molar-refractivity contribution in [2.24, 2.45) is 0 Å². The predicted octanol–water partition coefficient (Wildman–Crippen LogP) is 3.26. The zero-order valence-electron chi connectivity index (χ0n) is 17.7. The van der Waals surface area contributed by atoms with Gasteiger partial charge in [0.05, 0.1) is 12.6 Å². The quantitative estimate of drug-likeness (QED) is 0.551. The van der Waals surface area contributed by atoms with E-state index in [1.54, 1.807) is 23.5 Å². The van der Waals surface area contributed by atoms with E-state index in [0.29, 0.717) is 6.54 Å². The lowest BCUT2D eigenvalue weighted by Gasteiger charge is -2.22. The maximum atomic E-state index is 13.4. The summed E-state index contributed by atoms with van der Waals surface area (Å²) in [4.78, 5) is 17.2. The van der Waals surface area contributed by atoms with Crippen molar-refractivity contribution in [3.05, 3.63) is 87.9 Å². The Labute approximate surface area is 182 Å². The zero-order chi connectivity index (χ0) is 21.5. The molecule has 0 fully saturated rings. The van der Waals surface area contributed by atoms with Crippen molar-refractivity contribution in [2.45, 2.75) is 19.5 Å². The molecule has 6 heteroatoms. The minimum absolute atomic E-state index is 0.0144. The Kier molecular flexibility index (Phi) is 7.60. The first kappa shape index (κ1) is 22.0. The Balaban J connectivity index is 1.66. The van der Waals surface area contributed by atoms with Gasteiger partial charge in [-0.05, 0) is 48.2 Å². The van der Waals surface area contributed by atoms with Gasteiger partial charge in [-0.3, -0.25) is 4.79 Å². The van der Waals surface area contributed by atoms with Gasteiger partial charge in [0.25, 0.3) is 5.91 Å². The van der Waals surface area contributed by atoms with Gasteiger partial charge < -0.3 is 15.1 Å². The second-order valence-electron chi connectivity index (χ2n) is 7.59. The van der Waals surface area contributed by atoms with E-state index in [-0.39, 0.29) is 17.8 Å². The molecule has 2 N–H and O–H groups in total. The number of carbonyl (C=O) groups excluding carboxylic acids is 1. The molecule has 0 aliphatic carbocycles. The molecule has 2 atom stereocenters. The van der Waals surface area contributed by atoms with Crippen molar-refractivity contribution in [3.63, 3.8) is 0 Å². The number of nitrogens with zero attached hydrogens (tertiary/aromatic N) is 1. The van der Waals surface area contributed by atoms with Crippen molar-refractivity contribution >= 4 is 22.9 Å². The molecule has 0 aliphatic heterocycles. The van der Waals surface area contributed by atoms with Crippen LogP contribution in [0.4, 0.5) is 10.1 Å². The molecule has 158 valence electrons. The van der Waals surface area contributed by atoms with E-state index in [4.69, 9.17) is 0 Å². The molecule has 3 rings (SSSR count). The highest BCUT2D eigenvalue weighted by Crippen LogP contribution is 2.26. The number of carbonyl (C=O) groups is 1. The monoisotopic (exact) mass is 426 g/mol. The minimum atomic E-state index is -0.281. The summed E-state index contributed by atoms with van der Waals surface area (Å²) in [7, 11) is 4.04. The molecule has 1 heterocycles. The summed E-state index contributed by atoms with van der Waals surface area (Å²) < 4.78 is 13.4. The fraction of sp³-hybridized carbons (Fsp3) is 0.292. The second-order valence-corrected chi connectivity index (χ2v) is 8.56. The third-order valence-electron chi connectivity index (χ3n) is 5.15. The molecule has 0 aliphatic rings. The smallest absolute Gasteiger partial charge is 0.275 e. The predicted molar refractivity (Wildman–Crippen MR) is 122 cm³/mol. The average molecular weight is 427 g/mol. The molecule has 1 amide bonds. The standard InChI is InChI=1S/C24H28FN3OS/c1-4-28(16-18-7-13-21(14-8-18)27(2)3)17-23(29)26-24(22-6-5-15-30-22)19-9-11-20(25)12-10-19/h5-15,24H,4,16-17H2,1-3H3,(H,26,29)/p+1/t24-/m0/s1. The number of benzene rings is 2. The summed E-state index contributed by atoms with van der Waals surface area (Å²) in [5.74, 6) is -0.295. The molecular weight excluding hydrogens is 397 g/mol. The number of likely N-dealkylation sites (N-methyl/N-ethyl adjacent to an activating group) is 1. The molecule has 30 heavy (non-hydrogen) atoms. The van der Waals surface area contributed by atoms with Gasteiger partial charge in [-0.15, -0.1) is 11.3 Å². The number of anilines is 1. The van der Waals surface area contributed by atoms with Gasteiger partial charge in [0.1, 0.15) is 12.4 Å². The molecule has 0 spiro atoms. The SMILES string of the molecule is CC[NH+](CC(=O)N[C@@H](c1ccc(F)cc1)c1cccs1)Cc1ccc(N(C)C)cc1. The van der Waals surface area contributed by atoms with Crippen LogP contribution in [0.15, 0.2) is 66.0 Å². The van der Waals surface area contributed by atoms with Crippen molar-refractivity contribution in [2.75, 3.05) is 32.1 Å².